The van der Waals surface area contributed by atoms with Crippen LogP contribution in [0, 0.1) is 0 Å². The summed E-state index contributed by atoms with van der Waals surface area (Å²) < 4.78 is 0. The highest BCUT2D eigenvalue weighted by molar-refractivity contribution is 5.82. The fraction of sp³-hybridized carbons (Fsp3) is 0.385. The molecule has 0 saturated carbocycles. The molecule has 400 valence electrons. The van der Waals surface area contributed by atoms with Crippen LogP contribution in [0.5, 0.6) is 0 Å². The van der Waals surface area contributed by atoms with E-state index in [2.05, 4.69) is 168 Å². The molecule has 0 unspecified atom stereocenters. The lowest BCUT2D eigenvalue weighted by atomic mass is 10.0. The Morgan fingerprint density at radius 3 is 1.44 bits per heavy atom. The Morgan fingerprint density at radius 2 is 0.827 bits per heavy atom. The molecule has 0 amide bonds. The maximum atomic E-state index is 4.46. The predicted octanol–water partition coefficient (Wildman–Crippen LogP) is 18.9. The Kier molecular flexibility index (Phi) is 32.9. The number of hydrogen-bond acceptors (Lipinski definition) is 10. The second-order valence-corrected chi connectivity index (χ2v) is 17.3. The van der Waals surface area contributed by atoms with Crippen molar-refractivity contribution >= 4 is 54.5 Å². The van der Waals surface area contributed by atoms with Crippen LogP contribution in [-0.4, -0.2) is 49.8 Å². The predicted molar refractivity (Wildman–Crippen MR) is 325 cm³/mol. The summed E-state index contributed by atoms with van der Waals surface area (Å²) in [7, 11) is 0. The molecule has 5 aromatic carbocycles. The number of hydrogen-bond donors (Lipinski definition) is 0. The van der Waals surface area contributed by atoms with Crippen LogP contribution >= 0.6 is 0 Å². The highest BCUT2D eigenvalue weighted by atomic mass is 14.9. The number of aromatic nitrogens is 10. The van der Waals surface area contributed by atoms with Gasteiger partial charge in [-0.25, -0.2) is 49.8 Å². The Hall–Kier alpha value is -7.20. The minimum absolute atomic E-state index is 0.393. The number of rotatable bonds is 5. The monoisotopic (exact) mass is 1010 g/mol. The number of fused-ring (bicyclic) bond motifs is 5. The molecular weight excluding hydrogens is 921 g/mol. The molecule has 0 fully saturated rings. The third kappa shape index (κ3) is 21.3. The van der Waals surface area contributed by atoms with E-state index in [9.17, 15) is 0 Å². The maximum Gasteiger partial charge on any atom is 0.131 e. The zero-order valence-electron chi connectivity index (χ0n) is 49.3. The van der Waals surface area contributed by atoms with Crippen molar-refractivity contribution in [1.29, 1.82) is 0 Å². The standard InChI is InChI=1S/5C11H12N2.5C2H6/c1-8(2)9-3-4-11-10(5-9)6-12-7-13-11;1-8(2)9-3-4-10-6-12-7-13-11(10)5-9;1-8(2)10-5-3-4-9-6-12-7-13-11(9)10;1-8(2)11-9-5-3-4-6-10(9)12-7-13-11;1-8(2)11-12-7-9-5-3-4-6-10(9)13-11;5*1-2/h5*3-8H,1-2H3;5*1-2H3. The van der Waals surface area contributed by atoms with Gasteiger partial charge in [-0.15, -0.1) is 0 Å². The SMILES string of the molecule is CC.CC.CC.CC.CC.CC(C)c1ccc2cncnc2c1.CC(C)c1ccc2ncncc2c1.CC(C)c1cccc2cncnc12.CC(C)c1ncc2ccccc2n1.CC(C)c1ncnc2ccccc12. The maximum absolute atomic E-state index is 4.46. The van der Waals surface area contributed by atoms with Gasteiger partial charge in [0.25, 0.3) is 0 Å². The summed E-state index contributed by atoms with van der Waals surface area (Å²) in [6.45, 7) is 41.6. The minimum Gasteiger partial charge on any atom is -0.244 e. The first-order valence-electron chi connectivity index (χ1n) is 27.4. The lowest BCUT2D eigenvalue weighted by Crippen LogP contribution is -1.96. The summed E-state index contributed by atoms with van der Waals surface area (Å²) in [4.78, 5) is 41.9. The molecule has 75 heavy (non-hydrogen) atoms. The number of nitrogens with zero attached hydrogens (tertiary/aromatic N) is 10. The van der Waals surface area contributed by atoms with E-state index in [-0.39, 0.29) is 0 Å². The molecule has 10 heteroatoms. The molecule has 5 aromatic heterocycles. The fourth-order valence-electron chi connectivity index (χ4n) is 6.97. The average molecular weight is 1010 g/mol. The molecule has 0 atom stereocenters. The van der Waals surface area contributed by atoms with Crippen LogP contribution in [-0.2, 0) is 0 Å². The van der Waals surface area contributed by atoms with Crippen molar-refractivity contribution in [3.63, 3.8) is 0 Å². The van der Waals surface area contributed by atoms with Crippen molar-refractivity contribution in [1.82, 2.24) is 49.8 Å². The first-order valence-corrected chi connectivity index (χ1v) is 27.4. The molecule has 0 aliphatic rings. The molecule has 0 saturated heterocycles. The number of benzene rings is 5. The van der Waals surface area contributed by atoms with Gasteiger partial charge in [0.2, 0.25) is 0 Å². The van der Waals surface area contributed by atoms with Gasteiger partial charge in [0.1, 0.15) is 31.1 Å². The van der Waals surface area contributed by atoms with E-state index in [0.29, 0.717) is 29.6 Å². The lowest BCUT2D eigenvalue weighted by Gasteiger charge is -2.07. The molecule has 10 nitrogen and oxygen atoms in total. The van der Waals surface area contributed by atoms with Gasteiger partial charge in [-0.2, -0.15) is 0 Å². The summed E-state index contributed by atoms with van der Waals surface area (Å²) in [5, 5.41) is 5.61. The molecular formula is C65H90N10. The van der Waals surface area contributed by atoms with E-state index in [1.165, 1.54) is 22.1 Å². The van der Waals surface area contributed by atoms with E-state index in [4.69, 9.17) is 0 Å². The van der Waals surface area contributed by atoms with Crippen LogP contribution in [0.25, 0.3) is 54.5 Å². The van der Waals surface area contributed by atoms with E-state index >= 15 is 0 Å². The van der Waals surface area contributed by atoms with Crippen molar-refractivity contribution in [3.8, 4) is 0 Å². The number of para-hydroxylation sites is 3. The third-order valence-corrected chi connectivity index (χ3v) is 10.7. The zero-order chi connectivity index (χ0) is 56.3. The van der Waals surface area contributed by atoms with Crippen molar-refractivity contribution in [2.24, 2.45) is 0 Å². The average Bonchev–Trinajstić information content (AvgIpc) is 3.47. The van der Waals surface area contributed by atoms with Gasteiger partial charge < -0.3 is 0 Å². The van der Waals surface area contributed by atoms with Crippen molar-refractivity contribution < 1.29 is 0 Å². The van der Waals surface area contributed by atoms with Crippen molar-refractivity contribution in [2.75, 3.05) is 0 Å². The molecule has 10 aromatic rings. The van der Waals surface area contributed by atoms with Crippen LogP contribution in [0.1, 0.15) is 196 Å². The second-order valence-electron chi connectivity index (χ2n) is 17.3. The minimum atomic E-state index is 0.393. The summed E-state index contributed by atoms with van der Waals surface area (Å²) in [6, 6.07) is 35.0. The van der Waals surface area contributed by atoms with Gasteiger partial charge in [0.05, 0.1) is 33.3 Å². The van der Waals surface area contributed by atoms with E-state index in [0.717, 1.165) is 60.6 Å². The van der Waals surface area contributed by atoms with Gasteiger partial charge in [0, 0.05) is 57.6 Å². The fourth-order valence-corrected chi connectivity index (χ4v) is 6.97. The van der Waals surface area contributed by atoms with Crippen LogP contribution < -0.4 is 0 Å². The molecule has 0 N–H and O–H groups in total. The lowest BCUT2D eigenvalue weighted by molar-refractivity contribution is 0.783. The normalized spacial score (nSPS) is 9.93. The van der Waals surface area contributed by atoms with Gasteiger partial charge in [-0.05, 0) is 70.7 Å². The molecule has 10 rings (SSSR count). The van der Waals surface area contributed by atoms with Gasteiger partial charge in [0.15, 0.2) is 0 Å². The molecule has 0 aliphatic carbocycles. The Labute approximate surface area is 451 Å². The smallest absolute Gasteiger partial charge is 0.131 e. The van der Waals surface area contributed by atoms with Gasteiger partial charge in [-0.3, -0.25) is 0 Å². The Balaban J connectivity index is 0.000000449. The Bertz CT molecular complexity index is 2770. The summed E-state index contributed by atoms with van der Waals surface area (Å²) >= 11 is 0. The topological polar surface area (TPSA) is 129 Å². The van der Waals surface area contributed by atoms with Crippen LogP contribution in [0.15, 0.2) is 153 Å². The second kappa shape index (κ2) is 37.5. The molecule has 0 spiro atoms. The highest BCUT2D eigenvalue weighted by Gasteiger charge is 2.07. The molecule has 0 aliphatic heterocycles. The molecule has 0 bridgehead atoms. The van der Waals surface area contributed by atoms with E-state index in [1.807, 2.05) is 149 Å². The van der Waals surface area contributed by atoms with Gasteiger partial charge in [-0.1, -0.05) is 211 Å². The van der Waals surface area contributed by atoms with Gasteiger partial charge >= 0.3 is 0 Å². The van der Waals surface area contributed by atoms with Crippen LogP contribution in [0.3, 0.4) is 0 Å². The summed E-state index contributed by atoms with van der Waals surface area (Å²) in [5.41, 5.74) is 10.3. The van der Waals surface area contributed by atoms with Crippen molar-refractivity contribution in [2.45, 2.75) is 168 Å². The largest absolute Gasteiger partial charge is 0.244 e. The highest BCUT2D eigenvalue weighted by Crippen LogP contribution is 2.24. The third-order valence-electron chi connectivity index (χ3n) is 10.7. The quantitative estimate of drug-likeness (QED) is 0.164. The Morgan fingerprint density at radius 1 is 0.320 bits per heavy atom. The molecule has 5 heterocycles. The van der Waals surface area contributed by atoms with Crippen LogP contribution in [0.4, 0.5) is 0 Å². The first kappa shape index (κ1) is 65.8. The first-order chi connectivity index (χ1) is 36.4. The van der Waals surface area contributed by atoms with Crippen molar-refractivity contribution in [3.05, 3.63) is 181 Å². The van der Waals surface area contributed by atoms with E-state index < -0.39 is 0 Å². The summed E-state index contributed by atoms with van der Waals surface area (Å²) in [6.07, 6.45) is 13.8. The van der Waals surface area contributed by atoms with Crippen LogP contribution in [0.2, 0.25) is 0 Å². The molecule has 0 radical (unpaired) electrons. The van der Waals surface area contributed by atoms with E-state index in [1.54, 1.807) is 25.3 Å². The zero-order valence-corrected chi connectivity index (χ0v) is 49.3. The summed E-state index contributed by atoms with van der Waals surface area (Å²) in [5.74, 6) is 3.39.